The van der Waals surface area contributed by atoms with E-state index in [1.807, 2.05) is 37.3 Å². The second kappa shape index (κ2) is 11.5. The first-order valence-electron chi connectivity index (χ1n) is 13.1. The highest BCUT2D eigenvalue weighted by molar-refractivity contribution is 7.91. The van der Waals surface area contributed by atoms with Crippen molar-refractivity contribution in [3.8, 4) is 17.2 Å². The number of phenolic OH excluding ortho intramolecular Hbond substituents is 2. The molecule has 10 nitrogen and oxygen atoms in total. The molecule has 0 bridgehead atoms. The standard InChI is InChI=1S/C31H29N5O5S/c1-5-42(39,40)29-17-27(37)26(16-28(29)41-4)35-34-25-15-11-21-22(31(25)38)12-14-24(32-3)30(21)36-33-23-13-10-19-8-6-7-9-20(19)18(23)2/h6-17,32,37-38H,5H2,1-4H3/b35-34+,36-33+. The molecular formula is C31H29N5O5S. The highest BCUT2D eigenvalue weighted by atomic mass is 32.2. The molecule has 0 saturated carbocycles. The van der Waals surface area contributed by atoms with E-state index in [9.17, 15) is 18.6 Å². The Kier molecular flexibility index (Phi) is 7.77. The van der Waals surface area contributed by atoms with Crippen LogP contribution in [-0.4, -0.2) is 38.5 Å². The van der Waals surface area contributed by atoms with Crippen LogP contribution < -0.4 is 10.1 Å². The molecule has 0 aromatic heterocycles. The second-order valence-electron chi connectivity index (χ2n) is 9.47. The van der Waals surface area contributed by atoms with Gasteiger partial charge < -0.3 is 20.3 Å². The number of azo groups is 2. The first-order chi connectivity index (χ1) is 20.2. The minimum Gasteiger partial charge on any atom is -0.506 e. The average Bonchev–Trinajstić information content (AvgIpc) is 3.00. The molecule has 0 spiro atoms. The van der Waals surface area contributed by atoms with Crippen LogP contribution in [0.4, 0.5) is 28.4 Å². The van der Waals surface area contributed by atoms with Crippen molar-refractivity contribution >= 4 is 59.8 Å². The Hall–Kier alpha value is -5.03. The number of phenols is 2. The van der Waals surface area contributed by atoms with Crippen LogP contribution in [0.3, 0.4) is 0 Å². The smallest absolute Gasteiger partial charge is 0.181 e. The van der Waals surface area contributed by atoms with E-state index in [2.05, 4.69) is 31.8 Å². The van der Waals surface area contributed by atoms with Gasteiger partial charge >= 0.3 is 0 Å². The number of anilines is 1. The Morgan fingerprint density at radius 1 is 0.810 bits per heavy atom. The lowest BCUT2D eigenvalue weighted by atomic mass is 10.0. The summed E-state index contributed by atoms with van der Waals surface area (Å²) in [6.07, 6.45) is 0. The zero-order valence-corrected chi connectivity index (χ0v) is 24.3. The van der Waals surface area contributed by atoms with Crippen LogP contribution in [0, 0.1) is 6.92 Å². The lowest BCUT2D eigenvalue weighted by Gasteiger charge is -2.11. The molecule has 0 radical (unpaired) electrons. The molecule has 0 amide bonds. The number of hydrogen-bond donors (Lipinski definition) is 3. The summed E-state index contributed by atoms with van der Waals surface area (Å²) in [6.45, 7) is 3.50. The molecule has 0 aliphatic carbocycles. The van der Waals surface area contributed by atoms with Crippen molar-refractivity contribution in [2.45, 2.75) is 18.7 Å². The van der Waals surface area contributed by atoms with Crippen molar-refractivity contribution in [3.05, 3.63) is 78.4 Å². The van der Waals surface area contributed by atoms with Crippen molar-refractivity contribution in [2.24, 2.45) is 20.5 Å². The summed E-state index contributed by atoms with van der Waals surface area (Å²) >= 11 is 0. The number of benzene rings is 5. The van der Waals surface area contributed by atoms with E-state index in [0.29, 0.717) is 16.5 Å². The van der Waals surface area contributed by atoms with Gasteiger partial charge in [-0.2, -0.15) is 5.11 Å². The average molecular weight is 584 g/mol. The monoisotopic (exact) mass is 583 g/mol. The van der Waals surface area contributed by atoms with Gasteiger partial charge in [-0.3, -0.25) is 0 Å². The second-order valence-corrected chi connectivity index (χ2v) is 11.7. The summed E-state index contributed by atoms with van der Waals surface area (Å²) in [5.74, 6) is -0.665. The lowest BCUT2D eigenvalue weighted by Crippen LogP contribution is -2.05. The fourth-order valence-corrected chi connectivity index (χ4v) is 5.72. The molecule has 5 aromatic carbocycles. The van der Waals surface area contributed by atoms with E-state index in [-0.39, 0.29) is 33.5 Å². The van der Waals surface area contributed by atoms with E-state index in [1.54, 1.807) is 31.3 Å². The Morgan fingerprint density at radius 2 is 1.50 bits per heavy atom. The van der Waals surface area contributed by atoms with Gasteiger partial charge in [-0.05, 0) is 53.6 Å². The van der Waals surface area contributed by atoms with Gasteiger partial charge in [0.2, 0.25) is 0 Å². The number of fused-ring (bicyclic) bond motifs is 2. The molecule has 0 unspecified atom stereocenters. The number of ether oxygens (including phenoxy) is 1. The largest absolute Gasteiger partial charge is 0.506 e. The number of methoxy groups -OCH3 is 1. The molecule has 214 valence electrons. The molecule has 3 N–H and O–H groups in total. The number of rotatable bonds is 8. The van der Waals surface area contributed by atoms with Crippen LogP contribution in [0.15, 0.2) is 98.1 Å². The van der Waals surface area contributed by atoms with Crippen LogP contribution in [0.25, 0.3) is 21.5 Å². The number of hydrogen-bond acceptors (Lipinski definition) is 10. The zero-order chi connectivity index (χ0) is 30.0. The molecule has 0 atom stereocenters. The highest BCUT2D eigenvalue weighted by Gasteiger charge is 2.21. The Bertz CT molecular complexity index is 2010. The number of nitrogens with one attached hydrogen (secondary N) is 1. The van der Waals surface area contributed by atoms with E-state index < -0.39 is 15.6 Å². The molecule has 0 saturated heterocycles. The minimum atomic E-state index is -3.64. The van der Waals surface area contributed by atoms with E-state index in [4.69, 9.17) is 4.74 Å². The van der Waals surface area contributed by atoms with Gasteiger partial charge in [0.1, 0.15) is 33.5 Å². The third-order valence-corrected chi connectivity index (χ3v) is 8.81. The van der Waals surface area contributed by atoms with Crippen molar-refractivity contribution in [1.29, 1.82) is 0 Å². The fourth-order valence-electron chi connectivity index (χ4n) is 4.66. The van der Waals surface area contributed by atoms with Crippen LogP contribution >= 0.6 is 0 Å². The Balaban J connectivity index is 1.54. The van der Waals surface area contributed by atoms with E-state index in [0.717, 1.165) is 33.8 Å². The van der Waals surface area contributed by atoms with E-state index >= 15 is 0 Å². The summed E-state index contributed by atoms with van der Waals surface area (Å²) < 4.78 is 29.9. The molecular weight excluding hydrogens is 554 g/mol. The van der Waals surface area contributed by atoms with Crippen molar-refractivity contribution in [2.75, 3.05) is 25.2 Å². The normalized spacial score (nSPS) is 12.1. The summed E-state index contributed by atoms with van der Waals surface area (Å²) in [4.78, 5) is -0.140. The minimum absolute atomic E-state index is 0.0211. The van der Waals surface area contributed by atoms with Crippen LogP contribution in [0.5, 0.6) is 17.2 Å². The third kappa shape index (κ3) is 5.21. The molecule has 0 heterocycles. The maximum Gasteiger partial charge on any atom is 0.181 e. The lowest BCUT2D eigenvalue weighted by molar-refractivity contribution is 0.399. The topological polar surface area (TPSA) is 145 Å². The number of aromatic hydroxyl groups is 2. The third-order valence-electron chi connectivity index (χ3n) is 7.06. The van der Waals surface area contributed by atoms with Gasteiger partial charge in [-0.25, -0.2) is 8.42 Å². The summed E-state index contributed by atoms with van der Waals surface area (Å²) in [7, 11) is -0.537. The molecule has 0 aliphatic rings. The maximum atomic E-state index is 12.4. The van der Waals surface area contributed by atoms with Gasteiger partial charge in [-0.15, -0.1) is 15.3 Å². The number of aryl methyl sites for hydroxylation is 1. The van der Waals surface area contributed by atoms with Gasteiger partial charge in [0.15, 0.2) is 15.6 Å². The fraction of sp³-hybridized carbons (Fsp3) is 0.161. The Morgan fingerprint density at radius 3 is 2.24 bits per heavy atom. The zero-order valence-electron chi connectivity index (χ0n) is 23.5. The van der Waals surface area contributed by atoms with Crippen molar-refractivity contribution in [3.63, 3.8) is 0 Å². The van der Waals surface area contributed by atoms with Crippen LogP contribution in [0.1, 0.15) is 12.5 Å². The molecule has 42 heavy (non-hydrogen) atoms. The highest BCUT2D eigenvalue weighted by Crippen LogP contribution is 2.44. The maximum absolute atomic E-state index is 12.4. The van der Waals surface area contributed by atoms with Gasteiger partial charge in [-0.1, -0.05) is 37.3 Å². The predicted octanol–water partition coefficient (Wildman–Crippen LogP) is 8.39. The van der Waals surface area contributed by atoms with Gasteiger partial charge in [0.25, 0.3) is 0 Å². The first-order valence-corrected chi connectivity index (χ1v) is 14.8. The quantitative estimate of drug-likeness (QED) is 0.156. The molecule has 11 heteroatoms. The first kappa shape index (κ1) is 28.5. The van der Waals surface area contributed by atoms with Crippen molar-refractivity contribution in [1.82, 2.24) is 0 Å². The summed E-state index contributed by atoms with van der Waals surface area (Å²) in [5.41, 5.74) is 3.11. The molecule has 5 rings (SSSR count). The predicted molar refractivity (Wildman–Crippen MR) is 165 cm³/mol. The number of sulfone groups is 1. The van der Waals surface area contributed by atoms with Crippen LogP contribution in [-0.2, 0) is 9.84 Å². The molecule has 0 fully saturated rings. The summed E-state index contributed by atoms with van der Waals surface area (Å²) in [5, 5.41) is 45.3. The summed E-state index contributed by atoms with van der Waals surface area (Å²) in [6, 6.07) is 21.2. The van der Waals surface area contributed by atoms with Crippen molar-refractivity contribution < 1.29 is 23.4 Å². The van der Waals surface area contributed by atoms with Crippen LogP contribution in [0.2, 0.25) is 0 Å². The van der Waals surface area contributed by atoms with Gasteiger partial charge in [0, 0.05) is 30.0 Å². The number of nitrogens with zero attached hydrogens (tertiary/aromatic N) is 4. The molecule has 0 aliphatic heterocycles. The SMILES string of the molecule is CCS(=O)(=O)c1cc(O)c(/N=N/c2ccc3c(/N=N/c4ccc5ccccc5c4C)c(NC)ccc3c2O)cc1OC. The Labute approximate surface area is 243 Å². The van der Waals surface area contributed by atoms with Gasteiger partial charge in [0.05, 0.1) is 24.2 Å². The molecule has 5 aromatic rings. The van der Waals surface area contributed by atoms with E-state index in [1.165, 1.54) is 20.1 Å².